The molecule has 0 bridgehead atoms. The predicted octanol–water partition coefficient (Wildman–Crippen LogP) is 2.99. The van der Waals surface area contributed by atoms with E-state index in [1.807, 2.05) is 31.2 Å². The molecule has 0 amide bonds. The predicted molar refractivity (Wildman–Crippen MR) is 119 cm³/mol. The molecular weight excluding hydrogens is 414 g/mol. The number of hydrogen-bond acceptors (Lipinski definition) is 7. The fraction of sp³-hybridized carbons (Fsp3) is 0.333. The molecule has 3 N–H and O–H groups in total. The summed E-state index contributed by atoms with van der Waals surface area (Å²) in [6.07, 6.45) is 1.64. The minimum absolute atomic E-state index is 0.0646. The van der Waals surface area contributed by atoms with E-state index < -0.39 is 18.0 Å². The molecular formula is C24H29NO7. The van der Waals surface area contributed by atoms with Crippen molar-refractivity contribution in [1.82, 2.24) is 5.32 Å². The third-order valence-electron chi connectivity index (χ3n) is 4.75. The Bertz CT molecular complexity index is 924. The molecule has 2 rings (SSSR count). The molecule has 0 saturated heterocycles. The number of benzene rings is 2. The Labute approximate surface area is 187 Å². The number of carbonyl (C=O) groups is 2. The lowest BCUT2D eigenvalue weighted by Gasteiger charge is -2.22. The van der Waals surface area contributed by atoms with Gasteiger partial charge in [-0.05, 0) is 48.7 Å². The van der Waals surface area contributed by atoms with Gasteiger partial charge in [-0.3, -0.25) is 0 Å². The van der Waals surface area contributed by atoms with Crippen molar-refractivity contribution in [3.63, 3.8) is 0 Å². The van der Waals surface area contributed by atoms with Crippen molar-refractivity contribution in [2.24, 2.45) is 0 Å². The zero-order chi connectivity index (χ0) is 23.5. The van der Waals surface area contributed by atoms with E-state index in [9.17, 15) is 14.7 Å². The van der Waals surface area contributed by atoms with Crippen LogP contribution in [0.5, 0.6) is 11.5 Å². The summed E-state index contributed by atoms with van der Waals surface area (Å²) in [6, 6.07) is 12.7. The van der Waals surface area contributed by atoms with Crippen LogP contribution in [0.2, 0.25) is 0 Å². The molecule has 32 heavy (non-hydrogen) atoms. The molecule has 172 valence electrons. The summed E-state index contributed by atoms with van der Waals surface area (Å²) < 4.78 is 15.8. The SMILES string of the molecule is COCc1cc(C(CNC(C)Cc2ccc(OC)cc2)OC(=O)C=CC(=O)O)ccc1O. The van der Waals surface area contributed by atoms with Gasteiger partial charge in [0.15, 0.2) is 0 Å². The Morgan fingerprint density at radius 2 is 1.81 bits per heavy atom. The van der Waals surface area contributed by atoms with Crippen LogP contribution >= 0.6 is 0 Å². The second-order valence-corrected chi connectivity index (χ2v) is 7.28. The van der Waals surface area contributed by atoms with Crippen LogP contribution in [0.15, 0.2) is 54.6 Å². The number of rotatable bonds is 12. The van der Waals surface area contributed by atoms with Gasteiger partial charge in [-0.15, -0.1) is 0 Å². The van der Waals surface area contributed by atoms with Crippen LogP contribution in [0.4, 0.5) is 0 Å². The average molecular weight is 443 g/mol. The number of ether oxygens (including phenoxy) is 3. The van der Waals surface area contributed by atoms with Crippen molar-refractivity contribution in [3.8, 4) is 11.5 Å². The number of hydrogen-bond donors (Lipinski definition) is 3. The van der Waals surface area contributed by atoms with Gasteiger partial charge < -0.3 is 29.7 Å². The molecule has 0 heterocycles. The van der Waals surface area contributed by atoms with E-state index in [2.05, 4.69) is 5.32 Å². The number of nitrogens with one attached hydrogen (secondary N) is 1. The van der Waals surface area contributed by atoms with E-state index in [-0.39, 0.29) is 18.4 Å². The molecule has 2 aromatic carbocycles. The van der Waals surface area contributed by atoms with Crippen molar-refractivity contribution < 1.29 is 34.0 Å². The normalized spacial score (nSPS) is 13.0. The second kappa shape index (κ2) is 12.5. The number of aliphatic carboxylic acids is 1. The average Bonchev–Trinajstić information content (AvgIpc) is 2.77. The molecule has 8 heteroatoms. The van der Waals surface area contributed by atoms with Gasteiger partial charge in [-0.2, -0.15) is 0 Å². The maximum atomic E-state index is 12.1. The first-order valence-electron chi connectivity index (χ1n) is 10.1. The fourth-order valence-corrected chi connectivity index (χ4v) is 3.12. The topological polar surface area (TPSA) is 114 Å². The Hall–Kier alpha value is -3.36. The van der Waals surface area contributed by atoms with Crippen molar-refractivity contribution in [2.45, 2.75) is 32.1 Å². The van der Waals surface area contributed by atoms with Gasteiger partial charge in [0.05, 0.1) is 13.7 Å². The van der Waals surface area contributed by atoms with Crippen LogP contribution in [-0.4, -0.2) is 49.0 Å². The number of carboxylic acids is 1. The van der Waals surface area contributed by atoms with Crippen LogP contribution in [0, 0.1) is 0 Å². The van der Waals surface area contributed by atoms with Crippen LogP contribution < -0.4 is 10.1 Å². The van der Waals surface area contributed by atoms with E-state index in [1.54, 1.807) is 19.2 Å². The number of phenolic OH excluding ortho intramolecular Hbond substituents is 1. The second-order valence-electron chi connectivity index (χ2n) is 7.28. The zero-order valence-electron chi connectivity index (χ0n) is 18.4. The number of carbonyl (C=O) groups excluding carboxylic acids is 1. The van der Waals surface area contributed by atoms with E-state index in [4.69, 9.17) is 19.3 Å². The van der Waals surface area contributed by atoms with Crippen LogP contribution in [-0.2, 0) is 32.1 Å². The van der Waals surface area contributed by atoms with Gasteiger partial charge in [-0.25, -0.2) is 9.59 Å². The van der Waals surface area contributed by atoms with Gasteiger partial charge in [0.25, 0.3) is 0 Å². The molecule has 2 aromatic rings. The summed E-state index contributed by atoms with van der Waals surface area (Å²) in [4.78, 5) is 22.8. The molecule has 2 atom stereocenters. The Balaban J connectivity index is 2.11. The van der Waals surface area contributed by atoms with Gasteiger partial charge >= 0.3 is 11.9 Å². The largest absolute Gasteiger partial charge is 0.508 e. The van der Waals surface area contributed by atoms with Crippen molar-refractivity contribution in [3.05, 3.63) is 71.3 Å². The summed E-state index contributed by atoms with van der Waals surface area (Å²) in [5.41, 5.74) is 2.32. The lowest BCUT2D eigenvalue weighted by Crippen LogP contribution is -2.33. The van der Waals surface area contributed by atoms with Gasteiger partial charge in [-0.1, -0.05) is 18.2 Å². The van der Waals surface area contributed by atoms with Crippen LogP contribution in [0.1, 0.15) is 29.7 Å². The van der Waals surface area contributed by atoms with Gasteiger partial charge in [0.2, 0.25) is 0 Å². The monoisotopic (exact) mass is 443 g/mol. The number of esters is 1. The summed E-state index contributed by atoms with van der Waals surface area (Å²) in [7, 11) is 3.14. The first-order chi connectivity index (χ1) is 15.3. The lowest BCUT2D eigenvalue weighted by molar-refractivity contribution is -0.143. The maximum Gasteiger partial charge on any atom is 0.331 e. The molecule has 0 aliphatic rings. The minimum Gasteiger partial charge on any atom is -0.508 e. The summed E-state index contributed by atoms with van der Waals surface area (Å²) in [6.45, 7) is 2.50. The molecule has 0 aromatic heterocycles. The van der Waals surface area contributed by atoms with E-state index in [0.29, 0.717) is 17.7 Å². The van der Waals surface area contributed by atoms with Crippen LogP contribution in [0.25, 0.3) is 0 Å². The molecule has 0 saturated carbocycles. The number of phenols is 1. The molecule has 0 aliphatic heterocycles. The summed E-state index contributed by atoms with van der Waals surface area (Å²) in [5.74, 6) is -1.15. The standard InChI is InChI=1S/C24H29NO7/c1-16(12-17-4-7-20(31-3)8-5-17)25-14-22(32-24(29)11-10-23(27)28)18-6-9-21(26)19(13-18)15-30-2/h4-11,13,16,22,25-26H,12,14-15H2,1-3H3,(H,27,28). The Morgan fingerprint density at radius 1 is 1.09 bits per heavy atom. The molecule has 8 nitrogen and oxygen atoms in total. The highest BCUT2D eigenvalue weighted by Gasteiger charge is 2.19. The number of methoxy groups -OCH3 is 2. The quantitative estimate of drug-likeness (QED) is 0.339. The molecule has 0 spiro atoms. The van der Waals surface area contributed by atoms with Crippen molar-refractivity contribution in [1.29, 1.82) is 0 Å². The minimum atomic E-state index is -1.24. The molecule has 0 aliphatic carbocycles. The highest BCUT2D eigenvalue weighted by molar-refractivity contribution is 5.90. The first-order valence-corrected chi connectivity index (χ1v) is 10.1. The van der Waals surface area contributed by atoms with E-state index in [0.717, 1.165) is 29.9 Å². The van der Waals surface area contributed by atoms with E-state index >= 15 is 0 Å². The van der Waals surface area contributed by atoms with Crippen molar-refractivity contribution in [2.75, 3.05) is 20.8 Å². The van der Waals surface area contributed by atoms with Crippen molar-refractivity contribution >= 4 is 11.9 Å². The third-order valence-corrected chi connectivity index (χ3v) is 4.75. The third kappa shape index (κ3) is 8.05. The Morgan fingerprint density at radius 3 is 2.44 bits per heavy atom. The summed E-state index contributed by atoms with van der Waals surface area (Å²) >= 11 is 0. The molecule has 2 unspecified atom stereocenters. The lowest BCUT2D eigenvalue weighted by atomic mass is 10.0. The van der Waals surface area contributed by atoms with Gasteiger partial charge in [0, 0.05) is 37.4 Å². The fourth-order valence-electron chi connectivity index (χ4n) is 3.12. The highest BCUT2D eigenvalue weighted by atomic mass is 16.5. The van der Waals surface area contributed by atoms with Crippen LogP contribution in [0.3, 0.4) is 0 Å². The number of aromatic hydroxyl groups is 1. The smallest absolute Gasteiger partial charge is 0.331 e. The molecule has 0 fully saturated rings. The summed E-state index contributed by atoms with van der Waals surface area (Å²) in [5, 5.41) is 22.1. The molecule has 0 radical (unpaired) electrons. The highest BCUT2D eigenvalue weighted by Crippen LogP contribution is 2.25. The number of carboxylic acid groups (broad SMARTS) is 1. The van der Waals surface area contributed by atoms with E-state index in [1.165, 1.54) is 13.2 Å². The zero-order valence-corrected chi connectivity index (χ0v) is 18.4. The first kappa shape index (κ1) is 24.9. The van der Waals surface area contributed by atoms with Gasteiger partial charge in [0.1, 0.15) is 17.6 Å². The Kier molecular flexibility index (Phi) is 9.72. The maximum absolute atomic E-state index is 12.1.